The summed E-state index contributed by atoms with van der Waals surface area (Å²) in [4.78, 5) is 20.7. The van der Waals surface area contributed by atoms with E-state index in [0.717, 1.165) is 61.2 Å². The monoisotopic (exact) mass is 853 g/mol. The Morgan fingerprint density at radius 3 is 1.36 bits per heavy atom. The minimum atomic E-state index is 0.511. The van der Waals surface area contributed by atoms with Crippen LogP contribution in [0, 0.1) is 41.5 Å². The summed E-state index contributed by atoms with van der Waals surface area (Å²) in [5.41, 5.74) is 18.9. The average molecular weight is 854 g/mol. The fourth-order valence-corrected chi connectivity index (χ4v) is 9.67. The second kappa shape index (κ2) is 17.8. The zero-order chi connectivity index (χ0) is 45.3. The van der Waals surface area contributed by atoms with Crippen molar-refractivity contribution in [2.24, 2.45) is 0 Å². The third kappa shape index (κ3) is 8.12. The zero-order valence-electron chi connectivity index (χ0n) is 38.3. The first kappa shape index (κ1) is 41.8. The van der Waals surface area contributed by atoms with Crippen LogP contribution in [-0.4, -0.2) is 15.0 Å². The van der Waals surface area contributed by atoms with Crippen molar-refractivity contribution in [1.29, 1.82) is 0 Å². The van der Waals surface area contributed by atoms with Gasteiger partial charge in [0.2, 0.25) is 5.95 Å². The summed E-state index contributed by atoms with van der Waals surface area (Å²) in [5.74, 6) is 1.69. The standard InChI is InChI=1S/C61H51N5/c1-40-35-42(3)57(43(4)36-40)66(58-44(5)37-41(2)38-45(58)6)53-32-30-52(31-33-53)65(55-34-29-47-21-16-17-28-54(47)56(55)48-22-12-8-13-23-48)61-63-59(49-24-14-9-15-25-49)62-60(64-61)51-27-18-26-50(39-51)46-19-10-7-11-20-46/h7-39H,1-6H3. The van der Waals surface area contributed by atoms with E-state index in [1.807, 2.05) is 24.3 Å². The lowest BCUT2D eigenvalue weighted by Gasteiger charge is -2.32. The van der Waals surface area contributed by atoms with E-state index in [0.29, 0.717) is 17.6 Å². The van der Waals surface area contributed by atoms with E-state index >= 15 is 0 Å². The Morgan fingerprint density at radius 1 is 0.333 bits per heavy atom. The Labute approximate surface area is 388 Å². The number of anilines is 6. The van der Waals surface area contributed by atoms with Crippen molar-refractivity contribution in [1.82, 2.24) is 15.0 Å². The van der Waals surface area contributed by atoms with Gasteiger partial charge in [0.15, 0.2) is 11.6 Å². The van der Waals surface area contributed by atoms with Gasteiger partial charge in [0.05, 0.1) is 17.1 Å². The molecule has 10 aromatic rings. The maximum atomic E-state index is 5.44. The maximum absolute atomic E-state index is 5.44. The van der Waals surface area contributed by atoms with Gasteiger partial charge in [0.1, 0.15) is 0 Å². The fourth-order valence-electron chi connectivity index (χ4n) is 9.67. The van der Waals surface area contributed by atoms with Crippen LogP contribution in [0.2, 0.25) is 0 Å². The second-order valence-corrected chi connectivity index (χ2v) is 17.3. The van der Waals surface area contributed by atoms with Crippen molar-refractivity contribution in [3.05, 3.63) is 234 Å². The van der Waals surface area contributed by atoms with Crippen molar-refractivity contribution in [3.63, 3.8) is 0 Å². The molecule has 0 saturated carbocycles. The van der Waals surface area contributed by atoms with Gasteiger partial charge in [0, 0.05) is 28.1 Å². The first-order valence-corrected chi connectivity index (χ1v) is 22.6. The van der Waals surface area contributed by atoms with Crippen LogP contribution in [0.1, 0.15) is 33.4 Å². The lowest BCUT2D eigenvalue weighted by Crippen LogP contribution is -2.18. The molecule has 0 bridgehead atoms. The van der Waals surface area contributed by atoms with Crippen LogP contribution in [0.4, 0.5) is 34.4 Å². The van der Waals surface area contributed by atoms with Gasteiger partial charge in [-0.25, -0.2) is 4.98 Å². The maximum Gasteiger partial charge on any atom is 0.238 e. The molecule has 0 N–H and O–H groups in total. The molecule has 0 unspecified atom stereocenters. The van der Waals surface area contributed by atoms with E-state index in [1.54, 1.807) is 0 Å². The van der Waals surface area contributed by atoms with Gasteiger partial charge in [-0.05, 0) is 128 Å². The van der Waals surface area contributed by atoms with Gasteiger partial charge in [-0.15, -0.1) is 0 Å². The van der Waals surface area contributed by atoms with Crippen LogP contribution in [0.15, 0.2) is 200 Å². The third-order valence-corrected chi connectivity index (χ3v) is 12.4. The summed E-state index contributed by atoms with van der Waals surface area (Å²) in [6.45, 7) is 13.2. The normalized spacial score (nSPS) is 11.2. The minimum Gasteiger partial charge on any atom is -0.309 e. The summed E-state index contributed by atoms with van der Waals surface area (Å²) < 4.78 is 0. The van der Waals surface area contributed by atoms with Gasteiger partial charge >= 0.3 is 0 Å². The van der Waals surface area contributed by atoms with E-state index < -0.39 is 0 Å². The summed E-state index contributed by atoms with van der Waals surface area (Å²) in [6.07, 6.45) is 0. The van der Waals surface area contributed by atoms with E-state index in [2.05, 4.69) is 227 Å². The van der Waals surface area contributed by atoms with Crippen LogP contribution in [0.5, 0.6) is 0 Å². The first-order valence-electron chi connectivity index (χ1n) is 22.6. The summed E-state index contributed by atoms with van der Waals surface area (Å²) in [5, 5.41) is 2.29. The lowest BCUT2D eigenvalue weighted by molar-refractivity contribution is 1.02. The Hall–Kier alpha value is -8.15. The number of aryl methyl sites for hydroxylation is 6. The first-order chi connectivity index (χ1) is 32.2. The minimum absolute atomic E-state index is 0.511. The Bertz CT molecular complexity index is 3260. The number of hydrogen-bond acceptors (Lipinski definition) is 5. The van der Waals surface area contributed by atoms with Crippen LogP contribution >= 0.6 is 0 Å². The van der Waals surface area contributed by atoms with E-state index in [1.165, 1.54) is 44.8 Å². The van der Waals surface area contributed by atoms with Crippen LogP contribution in [0.25, 0.3) is 55.8 Å². The molecule has 10 rings (SSSR count). The molecule has 5 nitrogen and oxygen atoms in total. The predicted molar refractivity (Wildman–Crippen MR) is 277 cm³/mol. The molecule has 320 valence electrons. The van der Waals surface area contributed by atoms with Gasteiger partial charge in [-0.1, -0.05) is 175 Å². The van der Waals surface area contributed by atoms with Crippen molar-refractivity contribution in [3.8, 4) is 45.0 Å². The highest BCUT2D eigenvalue weighted by atomic mass is 15.3. The molecule has 0 atom stereocenters. The Kier molecular flexibility index (Phi) is 11.3. The highest BCUT2D eigenvalue weighted by molar-refractivity contribution is 6.05. The van der Waals surface area contributed by atoms with Gasteiger partial charge in [-0.2, -0.15) is 9.97 Å². The number of fused-ring (bicyclic) bond motifs is 1. The summed E-state index contributed by atoms with van der Waals surface area (Å²) in [7, 11) is 0. The molecule has 1 aromatic heterocycles. The fraction of sp³-hybridized carbons (Fsp3) is 0.0984. The smallest absolute Gasteiger partial charge is 0.238 e. The molecule has 0 aliphatic carbocycles. The van der Waals surface area contributed by atoms with Crippen LogP contribution in [-0.2, 0) is 0 Å². The molecular weight excluding hydrogens is 803 g/mol. The van der Waals surface area contributed by atoms with Gasteiger partial charge in [-0.3, -0.25) is 4.90 Å². The van der Waals surface area contributed by atoms with Crippen molar-refractivity contribution >= 4 is 45.2 Å². The van der Waals surface area contributed by atoms with Crippen molar-refractivity contribution in [2.75, 3.05) is 9.80 Å². The lowest BCUT2D eigenvalue weighted by atomic mass is 9.95. The number of rotatable bonds is 10. The predicted octanol–water partition coefficient (Wildman–Crippen LogP) is 16.5. The van der Waals surface area contributed by atoms with Gasteiger partial charge < -0.3 is 4.90 Å². The second-order valence-electron chi connectivity index (χ2n) is 17.3. The summed E-state index contributed by atoms with van der Waals surface area (Å²) >= 11 is 0. The molecule has 0 aliphatic rings. The molecule has 0 spiro atoms. The number of hydrogen-bond donors (Lipinski definition) is 0. The molecule has 1 heterocycles. The van der Waals surface area contributed by atoms with Crippen LogP contribution in [0.3, 0.4) is 0 Å². The quantitative estimate of drug-likeness (QED) is 0.137. The highest BCUT2D eigenvalue weighted by Crippen LogP contribution is 2.47. The molecule has 0 fully saturated rings. The van der Waals surface area contributed by atoms with Crippen molar-refractivity contribution in [2.45, 2.75) is 41.5 Å². The van der Waals surface area contributed by atoms with E-state index in [9.17, 15) is 0 Å². The molecule has 5 heteroatoms. The van der Waals surface area contributed by atoms with E-state index in [-0.39, 0.29) is 0 Å². The SMILES string of the molecule is Cc1cc(C)c(N(c2ccc(N(c3nc(-c4ccccc4)nc(-c4cccc(-c5ccccc5)c4)n3)c3ccc4ccccc4c3-c3ccccc3)cc2)c2c(C)cc(C)cc2C)c(C)c1. The molecule has 0 saturated heterocycles. The topological polar surface area (TPSA) is 45.2 Å². The molecule has 0 aliphatic heterocycles. The summed E-state index contributed by atoms with van der Waals surface area (Å²) in [6, 6.07) is 70.9. The molecule has 9 aromatic carbocycles. The van der Waals surface area contributed by atoms with Crippen LogP contribution < -0.4 is 9.80 Å². The average Bonchev–Trinajstić information content (AvgIpc) is 3.34. The molecule has 0 amide bonds. The number of benzene rings is 9. The Balaban J connectivity index is 1.23. The van der Waals surface area contributed by atoms with Crippen molar-refractivity contribution < 1.29 is 0 Å². The van der Waals surface area contributed by atoms with Gasteiger partial charge in [0.25, 0.3) is 0 Å². The van der Waals surface area contributed by atoms with E-state index in [4.69, 9.17) is 15.0 Å². The zero-order valence-corrected chi connectivity index (χ0v) is 38.3. The number of aromatic nitrogens is 3. The molecule has 0 radical (unpaired) electrons. The largest absolute Gasteiger partial charge is 0.309 e. The third-order valence-electron chi connectivity index (χ3n) is 12.4. The molecular formula is C61H51N5. The number of nitrogens with zero attached hydrogens (tertiary/aromatic N) is 5. The highest BCUT2D eigenvalue weighted by Gasteiger charge is 2.26. The molecule has 66 heavy (non-hydrogen) atoms. The Morgan fingerprint density at radius 2 is 0.788 bits per heavy atom.